The van der Waals surface area contributed by atoms with E-state index in [1.54, 1.807) is 0 Å². The predicted molar refractivity (Wildman–Crippen MR) is 121 cm³/mol. The minimum atomic E-state index is -5.08. The van der Waals surface area contributed by atoms with Crippen molar-refractivity contribution in [2.24, 2.45) is 0 Å². The van der Waals surface area contributed by atoms with Gasteiger partial charge in [-0.3, -0.25) is 15.1 Å². The molecule has 2 amide bonds. The standard InChI is InChI=1S/C21H14F6N4O3.C2HF3O2/c22-20(23,24)13-8-6-12(7-9-13)17(18-16(21(25,26)27)5-2-10-28-18)30-19(32)29-14-3-1-4-15(11-14)31(33)34;3-2(4,5)1(6)7/h1-11,17H,(H2,29,30,32);(H,6,7)/t17-;/m0./s1. The van der Waals surface area contributed by atoms with Gasteiger partial charge in [-0.1, -0.05) is 18.2 Å². The van der Waals surface area contributed by atoms with Crippen molar-refractivity contribution >= 4 is 23.4 Å². The van der Waals surface area contributed by atoms with Gasteiger partial charge in [0.25, 0.3) is 5.69 Å². The Kier molecular flexibility index (Phi) is 9.87. The van der Waals surface area contributed by atoms with Gasteiger partial charge < -0.3 is 15.7 Å². The number of anilines is 1. The second kappa shape index (κ2) is 12.5. The highest BCUT2D eigenvalue weighted by Gasteiger charge is 2.39. The number of aromatic nitrogens is 1. The van der Waals surface area contributed by atoms with Gasteiger partial charge in [-0.15, -0.1) is 0 Å². The molecule has 3 N–H and O–H groups in total. The molecule has 0 bridgehead atoms. The lowest BCUT2D eigenvalue weighted by atomic mass is 9.98. The fraction of sp³-hybridized carbons (Fsp3) is 0.174. The normalized spacial score (nSPS) is 12.4. The summed E-state index contributed by atoms with van der Waals surface area (Å²) in [5.74, 6) is -2.76. The van der Waals surface area contributed by atoms with E-state index in [-0.39, 0.29) is 16.9 Å². The van der Waals surface area contributed by atoms with Crippen molar-refractivity contribution in [1.82, 2.24) is 10.3 Å². The molecule has 0 aliphatic heterocycles. The number of aliphatic carboxylic acids is 1. The molecule has 220 valence electrons. The van der Waals surface area contributed by atoms with E-state index < -0.39 is 58.3 Å². The molecular weight excluding hydrogens is 583 g/mol. The number of nitro groups is 1. The number of nitrogens with one attached hydrogen (secondary N) is 2. The molecule has 0 fully saturated rings. The first-order valence-electron chi connectivity index (χ1n) is 10.6. The number of amides is 2. The summed E-state index contributed by atoms with van der Waals surface area (Å²) in [5.41, 5.74) is -3.37. The molecule has 0 aliphatic carbocycles. The molecule has 0 saturated heterocycles. The number of hydrogen-bond donors (Lipinski definition) is 3. The highest BCUT2D eigenvalue weighted by Crippen LogP contribution is 2.36. The van der Waals surface area contributed by atoms with Gasteiger partial charge in [-0.25, -0.2) is 9.59 Å². The minimum Gasteiger partial charge on any atom is -0.475 e. The molecule has 1 heterocycles. The van der Waals surface area contributed by atoms with Crippen LogP contribution in [0.15, 0.2) is 66.9 Å². The Labute approximate surface area is 222 Å². The molecule has 9 nitrogen and oxygen atoms in total. The number of benzene rings is 2. The van der Waals surface area contributed by atoms with Gasteiger partial charge in [-0.2, -0.15) is 39.5 Å². The van der Waals surface area contributed by atoms with E-state index in [1.165, 1.54) is 12.1 Å². The molecule has 1 aromatic heterocycles. The first-order valence-corrected chi connectivity index (χ1v) is 10.6. The van der Waals surface area contributed by atoms with Crippen molar-refractivity contribution in [2.75, 3.05) is 5.32 Å². The molecule has 0 radical (unpaired) electrons. The number of carboxylic acid groups (broad SMARTS) is 1. The number of halogens is 9. The fourth-order valence-corrected chi connectivity index (χ4v) is 3.06. The Balaban J connectivity index is 0.000000745. The van der Waals surface area contributed by atoms with Crippen LogP contribution >= 0.6 is 0 Å². The zero-order valence-electron chi connectivity index (χ0n) is 19.8. The maximum Gasteiger partial charge on any atom is 0.490 e. The van der Waals surface area contributed by atoms with Crippen LogP contribution in [-0.2, 0) is 17.1 Å². The van der Waals surface area contributed by atoms with E-state index in [1.807, 2.05) is 0 Å². The Morgan fingerprint density at radius 2 is 1.46 bits per heavy atom. The topological polar surface area (TPSA) is 134 Å². The van der Waals surface area contributed by atoms with E-state index >= 15 is 0 Å². The zero-order chi connectivity index (χ0) is 31.2. The van der Waals surface area contributed by atoms with Crippen LogP contribution in [0, 0.1) is 10.1 Å². The lowest BCUT2D eigenvalue weighted by Crippen LogP contribution is -2.35. The molecular formula is C23H15F9N4O5. The van der Waals surface area contributed by atoms with Crippen LogP contribution in [0.4, 0.5) is 55.7 Å². The summed E-state index contributed by atoms with van der Waals surface area (Å²) in [6.07, 6.45) is -13.6. The van der Waals surface area contributed by atoms with Gasteiger partial charge in [0.15, 0.2) is 0 Å². The third-order valence-electron chi connectivity index (χ3n) is 4.82. The van der Waals surface area contributed by atoms with Crippen LogP contribution in [0.25, 0.3) is 0 Å². The number of non-ortho nitro benzene ring substituents is 1. The lowest BCUT2D eigenvalue weighted by molar-refractivity contribution is -0.384. The van der Waals surface area contributed by atoms with Gasteiger partial charge in [0.05, 0.1) is 27.8 Å². The van der Waals surface area contributed by atoms with Crippen molar-refractivity contribution in [3.05, 3.63) is 99.4 Å². The maximum atomic E-state index is 13.6. The lowest BCUT2D eigenvalue weighted by Gasteiger charge is -2.23. The number of alkyl halides is 9. The molecule has 0 unspecified atom stereocenters. The number of carboxylic acids is 1. The number of nitro benzene ring substituents is 1. The first kappa shape index (κ1) is 32.3. The van der Waals surface area contributed by atoms with Crippen molar-refractivity contribution in [2.45, 2.75) is 24.6 Å². The van der Waals surface area contributed by atoms with Gasteiger partial charge in [-0.05, 0) is 35.9 Å². The van der Waals surface area contributed by atoms with Crippen LogP contribution in [0.1, 0.15) is 28.4 Å². The van der Waals surface area contributed by atoms with Crippen molar-refractivity contribution in [1.29, 1.82) is 0 Å². The van der Waals surface area contributed by atoms with Crippen LogP contribution in [0.2, 0.25) is 0 Å². The van der Waals surface area contributed by atoms with E-state index in [0.29, 0.717) is 12.1 Å². The Morgan fingerprint density at radius 3 is 1.95 bits per heavy atom. The number of rotatable bonds is 5. The number of hydrogen-bond acceptors (Lipinski definition) is 5. The molecule has 1 atom stereocenters. The smallest absolute Gasteiger partial charge is 0.475 e. The second-order valence-corrected chi connectivity index (χ2v) is 7.70. The SMILES string of the molecule is O=C(Nc1cccc([N+](=O)[O-])c1)N[C@@H](c1ccc(C(F)(F)F)cc1)c1ncccc1C(F)(F)F.O=C(O)C(F)(F)F. The van der Waals surface area contributed by atoms with Crippen LogP contribution in [-0.4, -0.2) is 33.2 Å². The van der Waals surface area contributed by atoms with Gasteiger partial charge >= 0.3 is 30.5 Å². The quantitative estimate of drug-likeness (QED) is 0.173. The van der Waals surface area contributed by atoms with Crippen molar-refractivity contribution in [3.63, 3.8) is 0 Å². The summed E-state index contributed by atoms with van der Waals surface area (Å²) in [5, 5.41) is 22.5. The third-order valence-corrected chi connectivity index (χ3v) is 4.82. The van der Waals surface area contributed by atoms with Gasteiger partial charge in [0.1, 0.15) is 0 Å². The molecule has 0 spiro atoms. The van der Waals surface area contributed by atoms with E-state index in [0.717, 1.165) is 42.6 Å². The average Bonchev–Trinajstić information content (AvgIpc) is 2.86. The summed E-state index contributed by atoms with van der Waals surface area (Å²) < 4.78 is 111. The number of carbonyl (C=O) groups excluding carboxylic acids is 1. The molecule has 3 aromatic rings. The van der Waals surface area contributed by atoms with Crippen LogP contribution in [0.5, 0.6) is 0 Å². The Bertz CT molecular complexity index is 1390. The first-order chi connectivity index (χ1) is 18.8. The number of urea groups is 1. The van der Waals surface area contributed by atoms with E-state index in [4.69, 9.17) is 9.90 Å². The Morgan fingerprint density at radius 1 is 0.878 bits per heavy atom. The highest BCUT2D eigenvalue weighted by atomic mass is 19.4. The van der Waals surface area contributed by atoms with Crippen LogP contribution < -0.4 is 10.6 Å². The van der Waals surface area contributed by atoms with Gasteiger partial charge in [0.2, 0.25) is 0 Å². The minimum absolute atomic E-state index is 0.0325. The van der Waals surface area contributed by atoms with Crippen molar-refractivity contribution in [3.8, 4) is 0 Å². The fourth-order valence-electron chi connectivity index (χ4n) is 3.06. The molecule has 0 saturated carbocycles. The predicted octanol–water partition coefficient (Wildman–Crippen LogP) is 6.57. The summed E-state index contributed by atoms with van der Waals surface area (Å²) >= 11 is 0. The monoisotopic (exact) mass is 598 g/mol. The molecule has 2 aromatic carbocycles. The molecule has 18 heteroatoms. The van der Waals surface area contributed by atoms with E-state index in [9.17, 15) is 54.4 Å². The number of carbonyl (C=O) groups is 2. The Hall–Kier alpha value is -4.90. The number of nitrogens with zero attached hydrogens (tertiary/aromatic N) is 2. The molecule has 3 rings (SSSR count). The largest absolute Gasteiger partial charge is 0.490 e. The zero-order valence-corrected chi connectivity index (χ0v) is 19.8. The summed E-state index contributed by atoms with van der Waals surface area (Å²) in [4.78, 5) is 35.4. The average molecular weight is 598 g/mol. The number of pyridine rings is 1. The summed E-state index contributed by atoms with van der Waals surface area (Å²) in [6, 6.07) is 7.04. The molecule has 0 aliphatic rings. The van der Waals surface area contributed by atoms with Crippen LogP contribution in [0.3, 0.4) is 0 Å². The van der Waals surface area contributed by atoms with E-state index in [2.05, 4.69) is 15.6 Å². The van der Waals surface area contributed by atoms with Gasteiger partial charge in [0, 0.05) is 24.0 Å². The third kappa shape index (κ3) is 9.36. The highest BCUT2D eigenvalue weighted by molar-refractivity contribution is 5.90. The van der Waals surface area contributed by atoms with Crippen molar-refractivity contribution < 1.29 is 59.1 Å². The summed E-state index contributed by atoms with van der Waals surface area (Å²) in [6.45, 7) is 0. The molecule has 41 heavy (non-hydrogen) atoms. The maximum absolute atomic E-state index is 13.6. The summed E-state index contributed by atoms with van der Waals surface area (Å²) in [7, 11) is 0. The second-order valence-electron chi connectivity index (χ2n) is 7.70.